The molecule has 5 rings (SSSR count). The zero-order chi connectivity index (χ0) is 21.6. The van der Waals surface area contributed by atoms with E-state index in [0.717, 1.165) is 11.1 Å². The van der Waals surface area contributed by atoms with Gasteiger partial charge in [0.1, 0.15) is 0 Å². The number of hydrogen-bond donors (Lipinski definition) is 2. The highest BCUT2D eigenvalue weighted by Gasteiger charge is 2.50. The first kappa shape index (κ1) is 19.2. The molecule has 3 aromatic rings. The van der Waals surface area contributed by atoms with Gasteiger partial charge in [-0.05, 0) is 23.3 Å². The highest BCUT2D eigenvalue weighted by Crippen LogP contribution is 2.32. The average molecular weight is 434 g/mol. The molecule has 2 aliphatic rings. The monoisotopic (exact) mass is 433 g/mol. The van der Waals surface area contributed by atoms with Gasteiger partial charge in [0, 0.05) is 35.1 Å². The molecular formula is C22H16ClN5O3. The molecule has 0 spiro atoms. The highest BCUT2D eigenvalue weighted by atomic mass is 35.5. The van der Waals surface area contributed by atoms with Crippen LogP contribution in [-0.4, -0.2) is 39.3 Å². The Kier molecular flexibility index (Phi) is 4.44. The molecule has 0 aliphatic carbocycles. The van der Waals surface area contributed by atoms with Crippen molar-refractivity contribution >= 4 is 29.4 Å². The number of hydrogen-bond acceptors (Lipinski definition) is 5. The van der Waals surface area contributed by atoms with Crippen LogP contribution in [0.5, 0.6) is 0 Å². The van der Waals surface area contributed by atoms with Crippen molar-refractivity contribution in [2.24, 2.45) is 0 Å². The fraction of sp³-hybridized carbons (Fsp3) is 0.136. The Labute approximate surface area is 182 Å². The third kappa shape index (κ3) is 3.21. The van der Waals surface area contributed by atoms with Gasteiger partial charge in [0.25, 0.3) is 11.8 Å². The van der Waals surface area contributed by atoms with Crippen molar-refractivity contribution in [3.63, 3.8) is 0 Å². The first-order valence-electron chi connectivity index (χ1n) is 9.54. The first-order chi connectivity index (χ1) is 15.0. The van der Waals surface area contributed by atoms with Gasteiger partial charge in [-0.25, -0.2) is 4.79 Å². The van der Waals surface area contributed by atoms with Crippen LogP contribution in [0.15, 0.2) is 61.1 Å². The lowest BCUT2D eigenvalue weighted by Gasteiger charge is -2.31. The Hall–Kier alpha value is -3.78. The van der Waals surface area contributed by atoms with Crippen LogP contribution < -0.4 is 10.6 Å². The van der Waals surface area contributed by atoms with E-state index in [0.29, 0.717) is 28.4 Å². The molecule has 0 bridgehead atoms. The van der Waals surface area contributed by atoms with E-state index in [-0.39, 0.29) is 12.5 Å². The molecule has 1 fully saturated rings. The lowest BCUT2D eigenvalue weighted by molar-refractivity contribution is -0.124. The number of amides is 4. The number of urea groups is 1. The number of aromatic nitrogens is 2. The van der Waals surface area contributed by atoms with Crippen molar-refractivity contribution < 1.29 is 14.4 Å². The van der Waals surface area contributed by atoms with Crippen molar-refractivity contribution in [3.05, 3.63) is 82.8 Å². The molecule has 4 amide bonds. The summed E-state index contributed by atoms with van der Waals surface area (Å²) >= 11 is 6.04. The van der Waals surface area contributed by atoms with Gasteiger partial charge in [-0.3, -0.25) is 24.9 Å². The van der Waals surface area contributed by atoms with Crippen LogP contribution >= 0.6 is 11.6 Å². The number of carbonyl (C=O) groups is 3. The van der Waals surface area contributed by atoms with Gasteiger partial charge in [0.15, 0.2) is 5.54 Å². The normalized spacial score (nSPS) is 19.9. The van der Waals surface area contributed by atoms with Crippen LogP contribution in [0, 0.1) is 0 Å². The number of benzene rings is 2. The maximum atomic E-state index is 12.9. The summed E-state index contributed by atoms with van der Waals surface area (Å²) < 4.78 is 0. The molecule has 1 atom stereocenters. The van der Waals surface area contributed by atoms with E-state index in [4.69, 9.17) is 11.6 Å². The molecular weight excluding hydrogens is 418 g/mol. The van der Waals surface area contributed by atoms with Crippen LogP contribution in [0.1, 0.15) is 21.5 Å². The van der Waals surface area contributed by atoms with Gasteiger partial charge in [0.2, 0.25) is 0 Å². The molecule has 1 aromatic heterocycles. The van der Waals surface area contributed by atoms with Crippen molar-refractivity contribution in [2.75, 3.05) is 6.54 Å². The van der Waals surface area contributed by atoms with Gasteiger partial charge in [-0.15, -0.1) is 0 Å². The largest absolute Gasteiger partial charge is 0.331 e. The molecule has 31 heavy (non-hydrogen) atoms. The third-order valence-corrected chi connectivity index (χ3v) is 5.79. The zero-order valence-corrected chi connectivity index (χ0v) is 16.9. The second kappa shape index (κ2) is 7.17. The quantitative estimate of drug-likeness (QED) is 0.615. The Morgan fingerprint density at radius 2 is 1.87 bits per heavy atom. The summed E-state index contributed by atoms with van der Waals surface area (Å²) in [5.74, 6) is -0.742. The molecule has 0 radical (unpaired) electrons. The summed E-state index contributed by atoms with van der Waals surface area (Å²) in [7, 11) is 0. The lowest BCUT2D eigenvalue weighted by atomic mass is 9.88. The summed E-state index contributed by atoms with van der Waals surface area (Å²) in [6.45, 7) is 0.314. The predicted molar refractivity (Wildman–Crippen MR) is 112 cm³/mol. The number of halogens is 1. The van der Waals surface area contributed by atoms with Crippen LogP contribution in [-0.2, 0) is 16.9 Å². The molecule has 0 unspecified atom stereocenters. The van der Waals surface area contributed by atoms with Crippen molar-refractivity contribution in [2.45, 2.75) is 12.1 Å². The van der Waals surface area contributed by atoms with Gasteiger partial charge < -0.3 is 10.2 Å². The maximum absolute atomic E-state index is 12.9. The van der Waals surface area contributed by atoms with Crippen LogP contribution in [0.25, 0.3) is 11.3 Å². The van der Waals surface area contributed by atoms with E-state index in [2.05, 4.69) is 20.6 Å². The molecule has 1 saturated heterocycles. The summed E-state index contributed by atoms with van der Waals surface area (Å²) in [6.07, 6.45) is 4.82. The van der Waals surface area contributed by atoms with Crippen molar-refractivity contribution in [1.29, 1.82) is 0 Å². The standard InChI is InChI=1S/C22H16ClN5O3/c23-16-6-3-14-11-28(19(29)17(14)9-16)12-22(20(30)26-21(31)27-22)15-4-1-13(2-5-15)18-10-24-7-8-25-18/h1-10H,11-12H2,(H2,26,27,30,31)/t22-/m0/s1. The summed E-state index contributed by atoms with van der Waals surface area (Å²) in [4.78, 5) is 47.8. The van der Waals surface area contributed by atoms with E-state index in [1.54, 1.807) is 66.0 Å². The minimum atomic E-state index is -1.40. The van der Waals surface area contributed by atoms with E-state index in [1.807, 2.05) is 0 Å². The van der Waals surface area contributed by atoms with Crippen LogP contribution in [0.2, 0.25) is 5.02 Å². The summed E-state index contributed by atoms with van der Waals surface area (Å²) in [5, 5.41) is 5.50. The molecule has 154 valence electrons. The van der Waals surface area contributed by atoms with Crippen LogP contribution in [0.3, 0.4) is 0 Å². The molecule has 2 aromatic carbocycles. The molecule has 8 nitrogen and oxygen atoms in total. The first-order valence-corrected chi connectivity index (χ1v) is 9.92. The summed E-state index contributed by atoms with van der Waals surface area (Å²) in [5.41, 5.74) is 1.99. The van der Waals surface area contributed by atoms with Gasteiger partial charge >= 0.3 is 6.03 Å². The summed E-state index contributed by atoms with van der Waals surface area (Å²) in [6, 6.07) is 11.6. The van der Waals surface area contributed by atoms with E-state index in [9.17, 15) is 14.4 Å². The Bertz CT molecular complexity index is 1220. The Balaban J connectivity index is 1.49. The molecule has 3 heterocycles. The van der Waals surface area contributed by atoms with E-state index in [1.165, 1.54) is 0 Å². The van der Waals surface area contributed by atoms with Gasteiger partial charge in [0.05, 0.1) is 18.4 Å². The van der Waals surface area contributed by atoms with Gasteiger partial charge in [-0.2, -0.15) is 0 Å². The zero-order valence-electron chi connectivity index (χ0n) is 16.1. The number of rotatable bonds is 4. The third-order valence-electron chi connectivity index (χ3n) is 5.56. The Morgan fingerprint density at radius 3 is 2.55 bits per heavy atom. The van der Waals surface area contributed by atoms with Crippen molar-refractivity contribution in [1.82, 2.24) is 25.5 Å². The van der Waals surface area contributed by atoms with Crippen molar-refractivity contribution in [3.8, 4) is 11.3 Å². The average Bonchev–Trinajstić information content (AvgIpc) is 3.24. The topological polar surface area (TPSA) is 104 Å². The molecule has 2 aliphatic heterocycles. The maximum Gasteiger partial charge on any atom is 0.322 e. The Morgan fingerprint density at radius 1 is 1.06 bits per heavy atom. The fourth-order valence-corrected chi connectivity index (χ4v) is 4.19. The molecule has 9 heteroatoms. The van der Waals surface area contributed by atoms with Crippen LogP contribution in [0.4, 0.5) is 4.79 Å². The number of fused-ring (bicyclic) bond motifs is 1. The van der Waals surface area contributed by atoms with Gasteiger partial charge in [-0.1, -0.05) is 41.9 Å². The molecule has 2 N–H and O–H groups in total. The second-order valence-corrected chi connectivity index (χ2v) is 7.88. The minimum Gasteiger partial charge on any atom is -0.331 e. The second-order valence-electron chi connectivity index (χ2n) is 7.44. The SMILES string of the molecule is O=C1NC(=O)[C@](CN2Cc3ccc(Cl)cc3C2=O)(c2ccc(-c3cnccn3)cc2)N1. The number of nitrogens with one attached hydrogen (secondary N) is 2. The number of carbonyl (C=O) groups excluding carboxylic acids is 3. The highest BCUT2D eigenvalue weighted by molar-refractivity contribution is 6.31. The number of imide groups is 1. The fourth-order valence-electron chi connectivity index (χ4n) is 4.02. The minimum absolute atomic E-state index is 0.0137. The molecule has 0 saturated carbocycles. The smallest absolute Gasteiger partial charge is 0.322 e. The predicted octanol–water partition coefficient (Wildman–Crippen LogP) is 2.49. The van der Waals surface area contributed by atoms with E-state index >= 15 is 0 Å². The van der Waals surface area contributed by atoms with E-state index < -0.39 is 17.5 Å². The number of nitrogens with zero attached hydrogens (tertiary/aromatic N) is 3. The lowest BCUT2D eigenvalue weighted by Crippen LogP contribution is -2.52.